The third kappa shape index (κ3) is 2.34. The topological polar surface area (TPSA) is 26.0 Å². The van der Waals surface area contributed by atoms with Gasteiger partial charge in [-0.2, -0.15) is 0 Å². The van der Waals surface area contributed by atoms with Gasteiger partial charge in [-0.3, -0.25) is 0 Å². The summed E-state index contributed by atoms with van der Waals surface area (Å²) in [6.45, 7) is 2.04. The highest BCUT2D eigenvalue weighted by molar-refractivity contribution is 9.10. The molecule has 0 saturated heterocycles. The maximum absolute atomic E-state index is 13.1. The number of aryl methyl sites for hydroxylation is 1. The third-order valence-electron chi connectivity index (χ3n) is 2.41. The fourth-order valence-electron chi connectivity index (χ4n) is 1.53. The second-order valence-corrected chi connectivity index (χ2v) is 5.61. The normalized spacial score (nSPS) is 12.8. The standard InChI is InChI=1S/C12H11BrFNS/c1-7-4-9(6-16-7)12(15)8-2-3-11(14)10(13)5-8/h2-6,12H,15H2,1H3. The minimum atomic E-state index is -0.266. The van der Waals surface area contributed by atoms with Crippen LogP contribution in [0.25, 0.3) is 0 Å². The molecule has 2 aromatic rings. The summed E-state index contributed by atoms with van der Waals surface area (Å²) >= 11 is 4.83. The van der Waals surface area contributed by atoms with Crippen LogP contribution >= 0.6 is 27.3 Å². The molecular formula is C12H11BrFNS. The Balaban J connectivity index is 2.33. The van der Waals surface area contributed by atoms with Crippen LogP contribution in [0.4, 0.5) is 4.39 Å². The fourth-order valence-corrected chi connectivity index (χ4v) is 2.66. The molecule has 1 atom stereocenters. The zero-order valence-electron chi connectivity index (χ0n) is 8.71. The van der Waals surface area contributed by atoms with Gasteiger partial charge in [-0.25, -0.2) is 4.39 Å². The molecule has 1 heterocycles. The van der Waals surface area contributed by atoms with Crippen LogP contribution in [-0.2, 0) is 0 Å². The van der Waals surface area contributed by atoms with Gasteiger partial charge in [0.05, 0.1) is 10.5 Å². The van der Waals surface area contributed by atoms with Gasteiger partial charge in [0.1, 0.15) is 5.82 Å². The summed E-state index contributed by atoms with van der Waals surface area (Å²) in [5.74, 6) is -0.266. The quantitative estimate of drug-likeness (QED) is 0.891. The number of hydrogen-bond donors (Lipinski definition) is 1. The lowest BCUT2D eigenvalue weighted by molar-refractivity contribution is 0.619. The van der Waals surface area contributed by atoms with Crippen molar-refractivity contribution in [1.29, 1.82) is 0 Å². The van der Waals surface area contributed by atoms with E-state index in [1.807, 2.05) is 12.3 Å². The van der Waals surface area contributed by atoms with Crippen LogP contribution < -0.4 is 5.73 Å². The maximum Gasteiger partial charge on any atom is 0.137 e. The molecule has 2 rings (SSSR count). The molecule has 0 aliphatic heterocycles. The van der Waals surface area contributed by atoms with Crippen molar-refractivity contribution in [2.45, 2.75) is 13.0 Å². The highest BCUT2D eigenvalue weighted by Crippen LogP contribution is 2.27. The van der Waals surface area contributed by atoms with Gasteiger partial charge in [-0.1, -0.05) is 6.07 Å². The molecule has 0 fully saturated rings. The van der Waals surface area contributed by atoms with Crippen molar-refractivity contribution in [2.24, 2.45) is 5.73 Å². The van der Waals surface area contributed by atoms with E-state index >= 15 is 0 Å². The number of benzene rings is 1. The highest BCUT2D eigenvalue weighted by Gasteiger charge is 2.11. The third-order valence-corrected chi connectivity index (χ3v) is 3.90. The maximum atomic E-state index is 13.1. The fraction of sp³-hybridized carbons (Fsp3) is 0.167. The Kier molecular flexibility index (Phi) is 3.42. The zero-order chi connectivity index (χ0) is 11.7. The summed E-state index contributed by atoms with van der Waals surface area (Å²) in [6.07, 6.45) is 0. The molecule has 0 amide bonds. The molecule has 1 unspecified atom stereocenters. The Hall–Kier alpha value is -0.710. The Morgan fingerprint density at radius 2 is 2.06 bits per heavy atom. The van der Waals surface area contributed by atoms with Gasteiger partial charge in [-0.05, 0) is 57.6 Å². The summed E-state index contributed by atoms with van der Waals surface area (Å²) in [5.41, 5.74) is 8.09. The van der Waals surface area contributed by atoms with Crippen LogP contribution in [0.5, 0.6) is 0 Å². The summed E-state index contributed by atoms with van der Waals surface area (Å²) in [7, 11) is 0. The molecule has 16 heavy (non-hydrogen) atoms. The first-order valence-electron chi connectivity index (χ1n) is 4.83. The Bertz CT molecular complexity index is 509. The van der Waals surface area contributed by atoms with Gasteiger partial charge >= 0.3 is 0 Å². The lowest BCUT2D eigenvalue weighted by Gasteiger charge is -2.10. The van der Waals surface area contributed by atoms with E-state index in [-0.39, 0.29) is 11.9 Å². The van der Waals surface area contributed by atoms with Crippen molar-refractivity contribution < 1.29 is 4.39 Å². The van der Waals surface area contributed by atoms with E-state index in [0.717, 1.165) is 11.1 Å². The smallest absolute Gasteiger partial charge is 0.137 e. The SMILES string of the molecule is Cc1cc(C(N)c2ccc(F)c(Br)c2)cs1. The van der Waals surface area contributed by atoms with Crippen molar-refractivity contribution in [2.75, 3.05) is 0 Å². The average molecular weight is 300 g/mol. The predicted octanol–water partition coefficient (Wildman–Crippen LogP) is 4.01. The predicted molar refractivity (Wildman–Crippen MR) is 69.2 cm³/mol. The first kappa shape index (κ1) is 11.8. The van der Waals surface area contributed by atoms with Crippen LogP contribution in [0.3, 0.4) is 0 Å². The first-order chi connectivity index (χ1) is 7.58. The van der Waals surface area contributed by atoms with Crippen LogP contribution in [0.1, 0.15) is 22.0 Å². The Labute approximate surface area is 106 Å². The highest BCUT2D eigenvalue weighted by atomic mass is 79.9. The van der Waals surface area contributed by atoms with E-state index in [1.54, 1.807) is 23.5 Å². The van der Waals surface area contributed by atoms with Crippen molar-refractivity contribution in [3.8, 4) is 0 Å². The number of thiophene rings is 1. The molecule has 0 aliphatic carbocycles. The van der Waals surface area contributed by atoms with Crippen LogP contribution in [0.15, 0.2) is 34.1 Å². The summed E-state index contributed by atoms with van der Waals surface area (Å²) in [4.78, 5) is 1.23. The summed E-state index contributed by atoms with van der Waals surface area (Å²) < 4.78 is 13.5. The van der Waals surface area contributed by atoms with Gasteiger partial charge in [0, 0.05) is 4.88 Å². The number of nitrogens with two attached hydrogens (primary N) is 1. The molecule has 1 aromatic heterocycles. The lowest BCUT2D eigenvalue weighted by atomic mass is 10.0. The lowest BCUT2D eigenvalue weighted by Crippen LogP contribution is -2.10. The number of hydrogen-bond acceptors (Lipinski definition) is 2. The second-order valence-electron chi connectivity index (χ2n) is 3.64. The Morgan fingerprint density at radius 1 is 1.31 bits per heavy atom. The van der Waals surface area contributed by atoms with Gasteiger partial charge in [0.2, 0.25) is 0 Å². The van der Waals surface area contributed by atoms with E-state index in [0.29, 0.717) is 4.47 Å². The van der Waals surface area contributed by atoms with E-state index < -0.39 is 0 Å². The van der Waals surface area contributed by atoms with Crippen LogP contribution in [0.2, 0.25) is 0 Å². The van der Waals surface area contributed by atoms with E-state index in [4.69, 9.17) is 5.73 Å². The van der Waals surface area contributed by atoms with Gasteiger partial charge in [0.15, 0.2) is 0 Å². The van der Waals surface area contributed by atoms with E-state index in [1.165, 1.54) is 10.9 Å². The summed E-state index contributed by atoms with van der Waals surface area (Å²) in [6, 6.07) is 6.75. The molecule has 0 bridgehead atoms. The largest absolute Gasteiger partial charge is 0.320 e. The first-order valence-corrected chi connectivity index (χ1v) is 6.51. The van der Waals surface area contributed by atoms with Gasteiger partial charge < -0.3 is 5.73 Å². The van der Waals surface area contributed by atoms with E-state index in [2.05, 4.69) is 22.0 Å². The zero-order valence-corrected chi connectivity index (χ0v) is 11.1. The van der Waals surface area contributed by atoms with Gasteiger partial charge in [0.25, 0.3) is 0 Å². The Morgan fingerprint density at radius 3 is 2.62 bits per heavy atom. The second kappa shape index (κ2) is 4.65. The molecule has 84 valence electrons. The van der Waals surface area contributed by atoms with E-state index in [9.17, 15) is 4.39 Å². The molecule has 0 aliphatic rings. The van der Waals surface area contributed by atoms with Crippen molar-refractivity contribution >= 4 is 27.3 Å². The molecule has 2 N–H and O–H groups in total. The van der Waals surface area contributed by atoms with Crippen molar-refractivity contribution in [1.82, 2.24) is 0 Å². The van der Waals surface area contributed by atoms with Gasteiger partial charge in [-0.15, -0.1) is 11.3 Å². The molecule has 0 spiro atoms. The molecule has 1 aromatic carbocycles. The molecule has 0 radical (unpaired) electrons. The van der Waals surface area contributed by atoms with Crippen molar-refractivity contribution in [3.05, 3.63) is 55.9 Å². The number of rotatable bonds is 2. The summed E-state index contributed by atoms with van der Waals surface area (Å²) in [5, 5.41) is 2.04. The average Bonchev–Trinajstić information content (AvgIpc) is 2.68. The van der Waals surface area contributed by atoms with Crippen molar-refractivity contribution in [3.63, 3.8) is 0 Å². The number of halogens is 2. The minimum Gasteiger partial charge on any atom is -0.320 e. The molecular weight excluding hydrogens is 289 g/mol. The molecule has 4 heteroatoms. The van der Waals surface area contributed by atoms with Crippen LogP contribution in [-0.4, -0.2) is 0 Å². The van der Waals surface area contributed by atoms with Crippen LogP contribution in [0, 0.1) is 12.7 Å². The molecule has 0 saturated carbocycles. The minimum absolute atomic E-state index is 0.193. The monoisotopic (exact) mass is 299 g/mol. The molecule has 1 nitrogen and oxygen atoms in total.